The predicted molar refractivity (Wildman–Crippen MR) is 227 cm³/mol. The maximum absolute atomic E-state index is 13.8. The molecule has 318 valence electrons. The summed E-state index contributed by atoms with van der Waals surface area (Å²) in [6.07, 6.45) is -3.54. The van der Waals surface area contributed by atoms with Gasteiger partial charge in [0.25, 0.3) is 5.91 Å². The standard InChI is InChI=1S/C42H47F3N8O5S.3H2/c1-6-27-20-32(53-40(59)52(39(57)41(53,4)5)31-11-10-28(23-46)33(22-31)42(43,44)45)12-14-35(27)58-19-18-50-16-17-51(25(2)24-50)26(3)37(55)48-30-9-7-8-29(21-30)47-34-13-15-36(54)49-38(34)56;;;/h7-12,14,20-22,25-26,34,47H,6,13,15-19,24H2,1-5H3,(H,48,55)(H,49,54,56);3*1H/t25-,26+,34?;;;/m1.../s1. The molecule has 3 N–H and O–H groups in total. The van der Waals surface area contributed by atoms with Crippen LogP contribution in [0, 0.1) is 11.3 Å². The molecule has 4 amide bonds. The summed E-state index contributed by atoms with van der Waals surface area (Å²) in [5.74, 6) is -0.646. The molecule has 0 saturated carbocycles. The van der Waals surface area contributed by atoms with Crippen molar-refractivity contribution in [3.8, 4) is 11.8 Å². The summed E-state index contributed by atoms with van der Waals surface area (Å²) in [6.45, 7) is 12.4. The van der Waals surface area contributed by atoms with Gasteiger partial charge in [0.05, 0.1) is 28.9 Å². The summed E-state index contributed by atoms with van der Waals surface area (Å²) in [4.78, 5) is 57.9. The van der Waals surface area contributed by atoms with Crippen LogP contribution in [-0.4, -0.2) is 95.0 Å². The monoisotopic (exact) mass is 838 g/mol. The van der Waals surface area contributed by atoms with E-state index in [4.69, 9.17) is 17.0 Å². The highest BCUT2D eigenvalue weighted by atomic mass is 32.1. The molecule has 0 bridgehead atoms. The fraction of sp³-hybridized carbons (Fsp3) is 0.429. The average molecular weight is 839 g/mol. The quantitative estimate of drug-likeness (QED) is 0.137. The summed E-state index contributed by atoms with van der Waals surface area (Å²) in [6, 6.07) is 16.4. The lowest BCUT2D eigenvalue weighted by Gasteiger charge is -2.42. The molecule has 3 heterocycles. The number of piperazine rings is 1. The predicted octanol–water partition coefficient (Wildman–Crippen LogP) is 6.42. The van der Waals surface area contributed by atoms with Gasteiger partial charge in [-0.1, -0.05) is 13.0 Å². The molecule has 0 aromatic heterocycles. The first-order valence-corrected chi connectivity index (χ1v) is 19.9. The number of nitrogens with zero attached hydrogens (tertiary/aromatic N) is 5. The summed E-state index contributed by atoms with van der Waals surface area (Å²) in [5, 5.41) is 17.7. The third kappa shape index (κ3) is 9.19. The van der Waals surface area contributed by atoms with Crippen molar-refractivity contribution in [2.24, 2.45) is 0 Å². The minimum atomic E-state index is -4.80. The Labute approximate surface area is 350 Å². The molecule has 3 aliphatic heterocycles. The first kappa shape index (κ1) is 43.0. The van der Waals surface area contributed by atoms with Crippen molar-refractivity contribution in [2.75, 3.05) is 53.2 Å². The number of alkyl halides is 3. The van der Waals surface area contributed by atoms with Crippen molar-refractivity contribution >= 4 is 63.7 Å². The van der Waals surface area contributed by atoms with Crippen LogP contribution >= 0.6 is 12.2 Å². The third-order valence-corrected chi connectivity index (χ3v) is 11.4. The van der Waals surface area contributed by atoms with Crippen molar-refractivity contribution in [3.63, 3.8) is 0 Å². The number of hydrogen-bond acceptors (Lipinski definition) is 10. The Kier molecular flexibility index (Phi) is 12.6. The zero-order chi connectivity index (χ0) is 42.8. The molecule has 3 saturated heterocycles. The molecular formula is C42H53F3N8O5S. The maximum Gasteiger partial charge on any atom is 0.417 e. The molecular weight excluding hydrogens is 786 g/mol. The number of piperidine rings is 1. The molecule has 6 rings (SSSR count). The molecule has 0 spiro atoms. The molecule has 1 unspecified atom stereocenters. The van der Waals surface area contributed by atoms with Gasteiger partial charge in [0.1, 0.15) is 23.9 Å². The van der Waals surface area contributed by atoms with Crippen LogP contribution in [0.2, 0.25) is 0 Å². The van der Waals surface area contributed by atoms with Crippen molar-refractivity contribution in [2.45, 2.75) is 83.7 Å². The van der Waals surface area contributed by atoms with Crippen molar-refractivity contribution in [3.05, 3.63) is 77.4 Å². The zero-order valence-corrected chi connectivity index (χ0v) is 34.3. The normalized spacial score (nSPS) is 20.6. The summed E-state index contributed by atoms with van der Waals surface area (Å²) in [5.41, 5.74) is -0.290. The number of carbonyl (C=O) groups is 4. The second kappa shape index (κ2) is 17.3. The van der Waals surface area contributed by atoms with E-state index in [1.807, 2.05) is 26.0 Å². The number of thiocarbonyl (C=S) groups is 1. The number of amides is 4. The number of aryl methyl sites for hydroxylation is 1. The van der Waals surface area contributed by atoms with Crippen LogP contribution in [0.15, 0.2) is 60.7 Å². The molecule has 3 atom stereocenters. The summed E-state index contributed by atoms with van der Waals surface area (Å²) in [7, 11) is 0. The Hall–Kier alpha value is -5.57. The first-order valence-electron chi connectivity index (χ1n) is 19.5. The van der Waals surface area contributed by atoms with E-state index in [2.05, 4.69) is 32.7 Å². The molecule has 3 fully saturated rings. The van der Waals surface area contributed by atoms with Gasteiger partial charge in [-0.25, -0.2) is 0 Å². The van der Waals surface area contributed by atoms with E-state index in [1.165, 1.54) is 6.07 Å². The molecule has 3 aliphatic rings. The van der Waals surface area contributed by atoms with Gasteiger partial charge >= 0.3 is 6.18 Å². The second-order valence-electron chi connectivity index (χ2n) is 15.4. The number of nitriles is 1. The fourth-order valence-electron chi connectivity index (χ4n) is 7.81. The maximum atomic E-state index is 13.8. The number of benzene rings is 3. The second-order valence-corrected chi connectivity index (χ2v) is 15.8. The summed E-state index contributed by atoms with van der Waals surface area (Å²) < 4.78 is 47.6. The van der Waals surface area contributed by atoms with E-state index in [9.17, 15) is 37.6 Å². The Morgan fingerprint density at radius 2 is 1.81 bits per heavy atom. The number of anilines is 4. The van der Waals surface area contributed by atoms with Gasteiger partial charge < -0.3 is 20.3 Å². The van der Waals surface area contributed by atoms with E-state index >= 15 is 0 Å². The van der Waals surface area contributed by atoms with E-state index in [1.54, 1.807) is 55.1 Å². The highest BCUT2D eigenvalue weighted by molar-refractivity contribution is 7.81. The smallest absolute Gasteiger partial charge is 0.417 e. The molecule has 0 aliphatic carbocycles. The largest absolute Gasteiger partial charge is 0.492 e. The van der Waals surface area contributed by atoms with Gasteiger partial charge in [0.2, 0.25) is 17.7 Å². The minimum absolute atomic E-state index is 0. The molecule has 3 aromatic carbocycles. The summed E-state index contributed by atoms with van der Waals surface area (Å²) >= 11 is 5.72. The zero-order valence-electron chi connectivity index (χ0n) is 33.5. The number of carbonyl (C=O) groups excluding carboxylic acids is 4. The number of rotatable bonds is 12. The Balaban J connectivity index is 0.00000341. The Morgan fingerprint density at radius 1 is 1.08 bits per heavy atom. The molecule has 13 nitrogen and oxygen atoms in total. The van der Waals surface area contributed by atoms with Crippen LogP contribution in [0.3, 0.4) is 0 Å². The topological polar surface area (TPSA) is 150 Å². The Bertz CT molecular complexity index is 2210. The fourth-order valence-corrected chi connectivity index (χ4v) is 8.33. The van der Waals surface area contributed by atoms with Crippen LogP contribution in [0.1, 0.15) is 68.4 Å². The molecule has 17 heteroatoms. The van der Waals surface area contributed by atoms with Crippen LogP contribution < -0.4 is 30.5 Å². The van der Waals surface area contributed by atoms with Crippen molar-refractivity contribution < 1.29 is 41.4 Å². The van der Waals surface area contributed by atoms with Crippen LogP contribution in [0.5, 0.6) is 5.75 Å². The highest BCUT2D eigenvalue weighted by Crippen LogP contribution is 2.40. The lowest BCUT2D eigenvalue weighted by molar-refractivity contribution is -0.138. The van der Waals surface area contributed by atoms with E-state index in [-0.39, 0.29) is 45.3 Å². The van der Waals surface area contributed by atoms with E-state index in [0.29, 0.717) is 55.3 Å². The number of nitrogens with one attached hydrogen (secondary N) is 3. The number of ether oxygens (including phenoxy) is 1. The van der Waals surface area contributed by atoms with Crippen molar-refractivity contribution in [1.29, 1.82) is 5.26 Å². The van der Waals surface area contributed by atoms with Gasteiger partial charge in [-0.15, -0.1) is 0 Å². The van der Waals surface area contributed by atoms with Gasteiger partial charge in [-0.05, 0) is 113 Å². The minimum Gasteiger partial charge on any atom is -0.492 e. The van der Waals surface area contributed by atoms with Crippen molar-refractivity contribution in [1.82, 2.24) is 15.1 Å². The number of imide groups is 1. The van der Waals surface area contributed by atoms with E-state index < -0.39 is 40.8 Å². The van der Waals surface area contributed by atoms with E-state index in [0.717, 1.165) is 35.7 Å². The SMILES string of the molecule is CCc1cc(N2C(=S)N(c3ccc(C#N)c(C(F)(F)F)c3)C(=O)C2(C)C)ccc1OCCN1CCN([C@@H](C)C(=O)Nc2cccc(NC3CCC(=O)NC3=O)c2)[C@H](C)C1.[HH].[HH].[HH]. The molecule has 59 heavy (non-hydrogen) atoms. The third-order valence-electron chi connectivity index (χ3n) is 11.1. The lowest BCUT2D eigenvalue weighted by Crippen LogP contribution is -2.57. The van der Waals surface area contributed by atoms with Gasteiger partial charge in [-0.3, -0.25) is 39.2 Å². The number of halogens is 3. The highest BCUT2D eigenvalue weighted by Gasteiger charge is 2.51. The van der Waals surface area contributed by atoms with Crippen LogP contribution in [-0.2, 0) is 31.8 Å². The van der Waals surface area contributed by atoms with Gasteiger partial charge in [0.15, 0.2) is 5.11 Å². The average Bonchev–Trinajstić information content (AvgIpc) is 3.37. The van der Waals surface area contributed by atoms with Gasteiger partial charge in [0, 0.05) is 60.0 Å². The Morgan fingerprint density at radius 3 is 2.49 bits per heavy atom. The molecule has 0 radical (unpaired) electrons. The lowest BCUT2D eigenvalue weighted by atomic mass is 10.0. The molecule has 3 aromatic rings. The number of hydrogen-bond donors (Lipinski definition) is 3. The van der Waals surface area contributed by atoms with Gasteiger partial charge in [-0.2, -0.15) is 18.4 Å². The van der Waals surface area contributed by atoms with Crippen LogP contribution in [0.25, 0.3) is 0 Å². The first-order chi connectivity index (χ1) is 27.9. The van der Waals surface area contributed by atoms with Crippen LogP contribution in [0.4, 0.5) is 35.9 Å².